The van der Waals surface area contributed by atoms with E-state index in [0.29, 0.717) is 17.4 Å². The SMILES string of the molecule is CN(C(=O)CCBr)c1ccc(F)cc1. The fourth-order valence-corrected chi connectivity index (χ4v) is 1.40. The minimum Gasteiger partial charge on any atom is -0.315 e. The highest BCUT2D eigenvalue weighted by atomic mass is 79.9. The summed E-state index contributed by atoms with van der Waals surface area (Å²) in [6.07, 6.45) is 0.438. The summed E-state index contributed by atoms with van der Waals surface area (Å²) in [5.41, 5.74) is 0.706. The van der Waals surface area contributed by atoms with Crippen molar-refractivity contribution in [1.29, 1.82) is 0 Å². The number of halogens is 2. The van der Waals surface area contributed by atoms with E-state index in [9.17, 15) is 9.18 Å². The van der Waals surface area contributed by atoms with Gasteiger partial charge in [0, 0.05) is 24.5 Å². The lowest BCUT2D eigenvalue weighted by Crippen LogP contribution is -2.26. The number of anilines is 1. The maximum Gasteiger partial charge on any atom is 0.227 e. The summed E-state index contributed by atoms with van der Waals surface area (Å²) in [4.78, 5) is 12.9. The lowest BCUT2D eigenvalue weighted by atomic mass is 10.3. The molecule has 0 heterocycles. The summed E-state index contributed by atoms with van der Waals surface area (Å²) in [7, 11) is 1.68. The quantitative estimate of drug-likeness (QED) is 0.765. The van der Waals surface area contributed by atoms with Gasteiger partial charge < -0.3 is 4.90 Å². The predicted octanol–water partition coefficient (Wildman–Crippen LogP) is 2.57. The fraction of sp³-hybridized carbons (Fsp3) is 0.300. The van der Waals surface area contributed by atoms with Crippen molar-refractivity contribution in [2.24, 2.45) is 0 Å². The number of hydrogen-bond donors (Lipinski definition) is 0. The minimum atomic E-state index is -0.296. The van der Waals surface area contributed by atoms with E-state index in [4.69, 9.17) is 0 Å². The highest BCUT2D eigenvalue weighted by Crippen LogP contribution is 2.14. The van der Waals surface area contributed by atoms with Crippen LogP contribution in [0.5, 0.6) is 0 Å². The molecule has 1 rings (SSSR count). The lowest BCUT2D eigenvalue weighted by Gasteiger charge is -2.16. The molecule has 1 aromatic rings. The van der Waals surface area contributed by atoms with Crippen LogP contribution in [-0.2, 0) is 4.79 Å². The van der Waals surface area contributed by atoms with Gasteiger partial charge in [-0.05, 0) is 24.3 Å². The van der Waals surface area contributed by atoms with Crippen molar-refractivity contribution in [1.82, 2.24) is 0 Å². The summed E-state index contributed by atoms with van der Waals surface area (Å²) < 4.78 is 12.6. The monoisotopic (exact) mass is 259 g/mol. The average molecular weight is 260 g/mol. The molecule has 0 fully saturated rings. The predicted molar refractivity (Wildman–Crippen MR) is 58.2 cm³/mol. The Morgan fingerprint density at radius 2 is 2.00 bits per heavy atom. The second kappa shape index (κ2) is 5.10. The molecular weight excluding hydrogens is 249 g/mol. The maximum absolute atomic E-state index is 12.6. The molecule has 1 aromatic carbocycles. The van der Waals surface area contributed by atoms with Crippen LogP contribution < -0.4 is 4.90 Å². The minimum absolute atomic E-state index is 0.00785. The Labute approximate surface area is 90.8 Å². The third-order valence-electron chi connectivity index (χ3n) is 1.90. The van der Waals surface area contributed by atoms with Gasteiger partial charge in [0.1, 0.15) is 5.82 Å². The standard InChI is InChI=1S/C10H11BrFNO/c1-13(10(14)6-7-11)9-4-2-8(12)3-5-9/h2-5H,6-7H2,1H3. The van der Waals surface area contributed by atoms with E-state index in [1.165, 1.54) is 17.0 Å². The number of amides is 1. The van der Waals surface area contributed by atoms with Crippen LogP contribution in [0.1, 0.15) is 6.42 Å². The van der Waals surface area contributed by atoms with Gasteiger partial charge in [-0.25, -0.2) is 4.39 Å². The molecule has 14 heavy (non-hydrogen) atoms. The molecular formula is C10H11BrFNO. The molecule has 0 bridgehead atoms. The molecule has 4 heteroatoms. The van der Waals surface area contributed by atoms with Gasteiger partial charge in [0.15, 0.2) is 0 Å². The summed E-state index contributed by atoms with van der Waals surface area (Å²) in [6.45, 7) is 0. The van der Waals surface area contributed by atoms with Gasteiger partial charge in [-0.1, -0.05) is 15.9 Å². The van der Waals surface area contributed by atoms with Crippen LogP contribution in [0.15, 0.2) is 24.3 Å². The van der Waals surface area contributed by atoms with Gasteiger partial charge >= 0.3 is 0 Å². The van der Waals surface area contributed by atoms with Crippen LogP contribution in [0.3, 0.4) is 0 Å². The number of nitrogens with zero attached hydrogens (tertiary/aromatic N) is 1. The number of rotatable bonds is 3. The second-order valence-corrected chi connectivity index (χ2v) is 3.66. The van der Waals surface area contributed by atoms with Crippen molar-refractivity contribution in [3.05, 3.63) is 30.1 Å². The van der Waals surface area contributed by atoms with Gasteiger partial charge in [0.2, 0.25) is 5.91 Å². The van der Waals surface area contributed by atoms with Crippen LogP contribution in [0.4, 0.5) is 10.1 Å². The zero-order chi connectivity index (χ0) is 10.6. The first-order valence-electron chi connectivity index (χ1n) is 4.23. The molecule has 0 N–H and O–H groups in total. The number of carbonyl (C=O) groups is 1. The van der Waals surface area contributed by atoms with Crippen LogP contribution in [0.25, 0.3) is 0 Å². The van der Waals surface area contributed by atoms with Gasteiger partial charge in [0.25, 0.3) is 0 Å². The zero-order valence-corrected chi connectivity index (χ0v) is 9.42. The Morgan fingerprint density at radius 3 is 2.50 bits per heavy atom. The molecule has 0 radical (unpaired) electrons. The molecule has 0 atom stereocenters. The normalized spacial score (nSPS) is 9.93. The van der Waals surface area contributed by atoms with Gasteiger partial charge in [0.05, 0.1) is 0 Å². The highest BCUT2D eigenvalue weighted by Gasteiger charge is 2.09. The lowest BCUT2D eigenvalue weighted by molar-refractivity contribution is -0.117. The number of carbonyl (C=O) groups excluding carboxylic acids is 1. The second-order valence-electron chi connectivity index (χ2n) is 2.87. The Bertz CT molecular complexity index is 312. The molecule has 2 nitrogen and oxygen atoms in total. The van der Waals surface area contributed by atoms with Crippen molar-refractivity contribution in [2.75, 3.05) is 17.3 Å². The molecule has 0 aliphatic carbocycles. The first-order valence-corrected chi connectivity index (χ1v) is 5.35. The topological polar surface area (TPSA) is 20.3 Å². The summed E-state index contributed by atoms with van der Waals surface area (Å²) >= 11 is 3.19. The first-order chi connectivity index (χ1) is 6.65. The molecule has 76 valence electrons. The van der Waals surface area contributed by atoms with E-state index in [1.807, 2.05) is 0 Å². The molecule has 0 unspecified atom stereocenters. The Kier molecular flexibility index (Phi) is 4.07. The summed E-state index contributed by atoms with van der Waals surface area (Å²) in [5, 5.41) is 0.636. The van der Waals surface area contributed by atoms with Crippen molar-refractivity contribution in [3.8, 4) is 0 Å². The van der Waals surface area contributed by atoms with Gasteiger partial charge in [-0.2, -0.15) is 0 Å². The molecule has 1 amide bonds. The maximum atomic E-state index is 12.6. The third-order valence-corrected chi connectivity index (χ3v) is 2.29. The van der Waals surface area contributed by atoms with Crippen molar-refractivity contribution in [3.63, 3.8) is 0 Å². The number of hydrogen-bond acceptors (Lipinski definition) is 1. The largest absolute Gasteiger partial charge is 0.315 e. The van der Waals surface area contributed by atoms with Crippen LogP contribution in [0, 0.1) is 5.82 Å². The first kappa shape index (κ1) is 11.2. The van der Waals surface area contributed by atoms with E-state index in [0.717, 1.165) is 0 Å². The third kappa shape index (κ3) is 2.80. The fourth-order valence-electron chi connectivity index (χ4n) is 1.06. The highest BCUT2D eigenvalue weighted by molar-refractivity contribution is 9.09. The van der Waals surface area contributed by atoms with E-state index in [2.05, 4.69) is 15.9 Å². The Morgan fingerprint density at radius 1 is 1.43 bits per heavy atom. The smallest absolute Gasteiger partial charge is 0.227 e. The van der Waals surface area contributed by atoms with E-state index in [1.54, 1.807) is 19.2 Å². The Hall–Kier alpha value is -0.900. The Balaban J connectivity index is 2.73. The molecule has 0 aromatic heterocycles. The van der Waals surface area contributed by atoms with E-state index < -0.39 is 0 Å². The molecule has 0 spiro atoms. The van der Waals surface area contributed by atoms with Crippen LogP contribution in [0.2, 0.25) is 0 Å². The van der Waals surface area contributed by atoms with Crippen LogP contribution in [-0.4, -0.2) is 18.3 Å². The molecule has 0 aliphatic heterocycles. The number of benzene rings is 1. The average Bonchev–Trinajstić information content (AvgIpc) is 2.18. The van der Waals surface area contributed by atoms with Gasteiger partial charge in [-0.3, -0.25) is 4.79 Å². The molecule has 0 saturated heterocycles. The van der Waals surface area contributed by atoms with Gasteiger partial charge in [-0.15, -0.1) is 0 Å². The number of alkyl halides is 1. The molecule has 0 saturated carbocycles. The zero-order valence-electron chi connectivity index (χ0n) is 7.84. The van der Waals surface area contributed by atoms with E-state index >= 15 is 0 Å². The van der Waals surface area contributed by atoms with Crippen LogP contribution >= 0.6 is 15.9 Å². The van der Waals surface area contributed by atoms with Crippen molar-refractivity contribution >= 4 is 27.5 Å². The summed E-state index contributed by atoms with van der Waals surface area (Å²) in [6, 6.07) is 5.85. The summed E-state index contributed by atoms with van der Waals surface area (Å²) in [5.74, 6) is -0.288. The molecule has 0 aliphatic rings. The van der Waals surface area contributed by atoms with Crippen molar-refractivity contribution in [2.45, 2.75) is 6.42 Å². The van der Waals surface area contributed by atoms with E-state index in [-0.39, 0.29) is 11.7 Å². The van der Waals surface area contributed by atoms with Crippen molar-refractivity contribution < 1.29 is 9.18 Å².